The molecule has 1 saturated heterocycles. The molecule has 0 radical (unpaired) electrons. The highest BCUT2D eigenvalue weighted by atomic mass is 16.1. The quantitative estimate of drug-likeness (QED) is 0.886. The highest BCUT2D eigenvalue weighted by molar-refractivity contribution is 5.95. The van der Waals surface area contributed by atoms with Crippen LogP contribution >= 0.6 is 0 Å². The third kappa shape index (κ3) is 2.86. The Morgan fingerprint density at radius 3 is 2.70 bits per heavy atom. The molecule has 2 N–H and O–H groups in total. The van der Waals surface area contributed by atoms with Gasteiger partial charge >= 0.3 is 0 Å². The van der Waals surface area contributed by atoms with Crippen molar-refractivity contribution in [2.24, 2.45) is 5.92 Å². The molecular formula is C16H17N3O. The largest absolute Gasteiger partial charge is 0.352 e. The average molecular weight is 267 g/mol. The third-order valence-corrected chi connectivity index (χ3v) is 3.52. The van der Waals surface area contributed by atoms with Crippen LogP contribution in [-0.2, 0) is 0 Å². The van der Waals surface area contributed by atoms with E-state index in [2.05, 4.69) is 15.6 Å². The molecule has 0 saturated carbocycles. The van der Waals surface area contributed by atoms with Gasteiger partial charge in [-0.25, -0.2) is 0 Å². The van der Waals surface area contributed by atoms with Crippen molar-refractivity contribution in [1.29, 1.82) is 0 Å². The van der Waals surface area contributed by atoms with Crippen LogP contribution in [0.1, 0.15) is 10.4 Å². The number of hydrogen-bond donors (Lipinski definition) is 2. The van der Waals surface area contributed by atoms with Gasteiger partial charge in [0.25, 0.3) is 5.91 Å². The Bertz CT molecular complexity index is 594. The van der Waals surface area contributed by atoms with E-state index in [4.69, 9.17) is 0 Å². The van der Waals surface area contributed by atoms with E-state index in [0.29, 0.717) is 11.5 Å². The Labute approximate surface area is 118 Å². The lowest BCUT2D eigenvalue weighted by molar-refractivity contribution is 0.0942. The van der Waals surface area contributed by atoms with E-state index in [9.17, 15) is 4.79 Å². The number of benzene rings is 1. The summed E-state index contributed by atoms with van der Waals surface area (Å²) in [4.78, 5) is 16.3. The number of carbonyl (C=O) groups is 1. The zero-order valence-electron chi connectivity index (χ0n) is 11.2. The molecule has 2 heterocycles. The topological polar surface area (TPSA) is 54.0 Å². The van der Waals surface area contributed by atoms with Gasteiger partial charge in [-0.3, -0.25) is 9.78 Å². The summed E-state index contributed by atoms with van der Waals surface area (Å²) in [6, 6.07) is 11.8. The lowest BCUT2D eigenvalue weighted by atomic mass is 10.0. The number of aromatic nitrogens is 1. The summed E-state index contributed by atoms with van der Waals surface area (Å²) in [6.45, 7) is 2.70. The Morgan fingerprint density at radius 2 is 2.00 bits per heavy atom. The van der Waals surface area contributed by atoms with E-state index >= 15 is 0 Å². The minimum absolute atomic E-state index is 0.0535. The predicted molar refractivity (Wildman–Crippen MR) is 78.4 cm³/mol. The number of nitrogens with zero attached hydrogens (tertiary/aromatic N) is 1. The Hall–Kier alpha value is -2.20. The predicted octanol–water partition coefficient (Wildman–Crippen LogP) is 1.70. The number of nitrogens with one attached hydrogen (secondary N) is 2. The SMILES string of the molecule is O=C(NCC1CNC1)c1cncc(-c2ccccc2)c1. The number of rotatable bonds is 4. The molecule has 1 aliphatic heterocycles. The van der Waals surface area contributed by atoms with Crippen LogP contribution in [0, 0.1) is 5.92 Å². The minimum atomic E-state index is -0.0535. The van der Waals surface area contributed by atoms with E-state index in [1.165, 1.54) is 0 Å². The molecule has 20 heavy (non-hydrogen) atoms. The van der Waals surface area contributed by atoms with Gasteiger partial charge in [0.1, 0.15) is 0 Å². The van der Waals surface area contributed by atoms with Crippen molar-refractivity contribution < 1.29 is 4.79 Å². The molecule has 0 spiro atoms. The molecule has 1 amide bonds. The number of amides is 1. The van der Waals surface area contributed by atoms with Gasteiger partial charge in [0.15, 0.2) is 0 Å². The molecule has 102 valence electrons. The van der Waals surface area contributed by atoms with Gasteiger partial charge in [0.05, 0.1) is 5.56 Å². The summed E-state index contributed by atoms with van der Waals surface area (Å²) in [5.41, 5.74) is 2.64. The van der Waals surface area contributed by atoms with E-state index in [1.54, 1.807) is 12.4 Å². The second-order valence-electron chi connectivity index (χ2n) is 5.06. The van der Waals surface area contributed by atoms with Crippen LogP contribution in [0.2, 0.25) is 0 Å². The molecule has 1 aromatic heterocycles. The van der Waals surface area contributed by atoms with E-state index in [1.807, 2.05) is 36.4 Å². The molecule has 4 nitrogen and oxygen atoms in total. The first kappa shape index (κ1) is 12.8. The van der Waals surface area contributed by atoms with Gasteiger partial charge < -0.3 is 10.6 Å². The van der Waals surface area contributed by atoms with E-state index < -0.39 is 0 Å². The van der Waals surface area contributed by atoms with Crippen LogP contribution in [0.15, 0.2) is 48.8 Å². The second kappa shape index (κ2) is 5.84. The maximum absolute atomic E-state index is 12.1. The molecule has 0 aliphatic carbocycles. The van der Waals surface area contributed by atoms with Crippen LogP contribution in [0.4, 0.5) is 0 Å². The van der Waals surface area contributed by atoms with Crippen molar-refractivity contribution in [1.82, 2.24) is 15.6 Å². The fourth-order valence-electron chi connectivity index (χ4n) is 2.18. The standard InChI is InChI=1S/C16H17N3O/c20-16(19-9-12-7-17-8-12)15-6-14(10-18-11-15)13-4-2-1-3-5-13/h1-6,10-12,17H,7-9H2,(H,19,20). The van der Waals surface area contributed by atoms with E-state index in [-0.39, 0.29) is 5.91 Å². The fourth-order valence-corrected chi connectivity index (χ4v) is 2.18. The first-order valence-electron chi connectivity index (χ1n) is 6.82. The van der Waals surface area contributed by atoms with Crippen molar-refractivity contribution >= 4 is 5.91 Å². The van der Waals surface area contributed by atoms with Gasteiger partial charge in [0, 0.05) is 43.5 Å². The van der Waals surface area contributed by atoms with Gasteiger partial charge in [0.2, 0.25) is 0 Å². The summed E-state index contributed by atoms with van der Waals surface area (Å²) in [7, 11) is 0. The normalized spacial score (nSPS) is 14.6. The highest BCUT2D eigenvalue weighted by Crippen LogP contribution is 2.18. The average Bonchev–Trinajstić information content (AvgIpc) is 2.46. The lowest BCUT2D eigenvalue weighted by Crippen LogP contribution is -2.48. The maximum Gasteiger partial charge on any atom is 0.252 e. The van der Waals surface area contributed by atoms with Crippen LogP contribution in [0.3, 0.4) is 0 Å². The molecular weight excluding hydrogens is 250 g/mol. The van der Waals surface area contributed by atoms with Crippen LogP contribution in [0.5, 0.6) is 0 Å². The zero-order valence-corrected chi connectivity index (χ0v) is 11.2. The molecule has 0 bridgehead atoms. The van der Waals surface area contributed by atoms with Gasteiger partial charge in [-0.2, -0.15) is 0 Å². The van der Waals surface area contributed by atoms with Crippen molar-refractivity contribution in [2.45, 2.75) is 0 Å². The smallest absolute Gasteiger partial charge is 0.252 e. The summed E-state index contributed by atoms with van der Waals surface area (Å²) >= 11 is 0. The molecule has 4 heteroatoms. The van der Waals surface area contributed by atoms with Crippen molar-refractivity contribution in [2.75, 3.05) is 19.6 Å². The number of carbonyl (C=O) groups excluding carboxylic acids is 1. The Morgan fingerprint density at radius 1 is 1.20 bits per heavy atom. The van der Waals surface area contributed by atoms with Gasteiger partial charge in [-0.15, -0.1) is 0 Å². The van der Waals surface area contributed by atoms with Crippen LogP contribution < -0.4 is 10.6 Å². The first-order chi connectivity index (χ1) is 9.83. The van der Waals surface area contributed by atoms with Gasteiger partial charge in [-0.1, -0.05) is 30.3 Å². The monoisotopic (exact) mass is 267 g/mol. The Balaban J connectivity index is 1.71. The summed E-state index contributed by atoms with van der Waals surface area (Å²) in [5, 5.41) is 6.15. The third-order valence-electron chi connectivity index (χ3n) is 3.52. The molecule has 2 aromatic rings. The maximum atomic E-state index is 12.1. The summed E-state index contributed by atoms with van der Waals surface area (Å²) in [5.74, 6) is 0.506. The summed E-state index contributed by atoms with van der Waals surface area (Å²) in [6.07, 6.45) is 3.39. The molecule has 3 rings (SSSR count). The van der Waals surface area contributed by atoms with Crippen LogP contribution in [0.25, 0.3) is 11.1 Å². The fraction of sp³-hybridized carbons (Fsp3) is 0.250. The summed E-state index contributed by atoms with van der Waals surface area (Å²) < 4.78 is 0. The molecule has 0 unspecified atom stereocenters. The zero-order chi connectivity index (χ0) is 13.8. The molecule has 1 aliphatic rings. The molecule has 1 aromatic carbocycles. The van der Waals surface area contributed by atoms with E-state index in [0.717, 1.165) is 30.8 Å². The molecule has 1 fully saturated rings. The minimum Gasteiger partial charge on any atom is -0.352 e. The van der Waals surface area contributed by atoms with Crippen LogP contribution in [-0.4, -0.2) is 30.5 Å². The van der Waals surface area contributed by atoms with Gasteiger partial charge in [-0.05, 0) is 11.6 Å². The Kier molecular flexibility index (Phi) is 3.74. The highest BCUT2D eigenvalue weighted by Gasteiger charge is 2.17. The lowest BCUT2D eigenvalue weighted by Gasteiger charge is -2.27. The molecule has 0 atom stereocenters. The number of pyridine rings is 1. The number of hydrogen-bond acceptors (Lipinski definition) is 3. The first-order valence-corrected chi connectivity index (χ1v) is 6.82. The van der Waals surface area contributed by atoms with Crippen molar-refractivity contribution in [3.63, 3.8) is 0 Å². The van der Waals surface area contributed by atoms with Crippen molar-refractivity contribution in [3.8, 4) is 11.1 Å². The van der Waals surface area contributed by atoms with Crippen molar-refractivity contribution in [3.05, 3.63) is 54.4 Å². The second-order valence-corrected chi connectivity index (χ2v) is 5.06.